The fourth-order valence-corrected chi connectivity index (χ4v) is 4.36. The average molecular weight is 448 g/mol. The summed E-state index contributed by atoms with van der Waals surface area (Å²) in [5.41, 5.74) is 4.36. The molecule has 0 aliphatic carbocycles. The molecule has 1 heterocycles. The summed E-state index contributed by atoms with van der Waals surface area (Å²) in [5.74, 6) is -0.582. The number of hydrogen-bond donors (Lipinski definition) is 2. The smallest absolute Gasteiger partial charge is 0.273 e. The third kappa shape index (κ3) is 4.88. The van der Waals surface area contributed by atoms with Gasteiger partial charge in [-0.1, -0.05) is 23.7 Å². The van der Waals surface area contributed by atoms with Gasteiger partial charge in [-0.3, -0.25) is 19.8 Å². The number of halogens is 1. The first kappa shape index (κ1) is 22.0. The molecule has 2 atom stereocenters. The van der Waals surface area contributed by atoms with Gasteiger partial charge in [-0.25, -0.2) is 5.01 Å². The van der Waals surface area contributed by atoms with Crippen molar-refractivity contribution in [2.75, 3.05) is 11.9 Å². The molecule has 1 aliphatic rings. The quantitative estimate of drug-likeness (QED) is 0.698. The minimum Gasteiger partial charge on any atom is -0.493 e. The normalized spacial score (nSPS) is 18.3. The molecule has 0 aromatic heterocycles. The van der Waals surface area contributed by atoms with E-state index in [0.717, 1.165) is 5.56 Å². The second kappa shape index (κ2) is 9.40. The lowest BCUT2D eigenvalue weighted by Gasteiger charge is -2.25. The number of thioether (sulfide) groups is 1. The standard InChI is InChI=1S/C21H22ClN3O4S/c1-4-29-18-11-16(23-13(3)26)9-10-17(18)19(27)24-25-20(28)12(2)30-21(25)14-5-7-15(22)8-6-14/h5-12,21H,4H2,1-3H3,(H,23,26)(H,24,27)/t12-,21+/m1/s1. The van der Waals surface area contributed by atoms with Crippen LogP contribution in [0.5, 0.6) is 5.75 Å². The Bertz CT molecular complexity index is 967. The molecule has 30 heavy (non-hydrogen) atoms. The molecule has 3 rings (SSSR count). The van der Waals surface area contributed by atoms with Gasteiger partial charge in [-0.05, 0) is 43.7 Å². The van der Waals surface area contributed by atoms with Crippen LogP contribution in [0.4, 0.5) is 5.69 Å². The number of rotatable bonds is 6. The second-order valence-corrected chi connectivity index (χ2v) is 8.52. The Morgan fingerprint density at radius 3 is 2.53 bits per heavy atom. The van der Waals surface area contributed by atoms with E-state index < -0.39 is 5.91 Å². The summed E-state index contributed by atoms with van der Waals surface area (Å²) in [6.07, 6.45) is 0. The van der Waals surface area contributed by atoms with E-state index in [1.165, 1.54) is 23.7 Å². The van der Waals surface area contributed by atoms with Gasteiger partial charge < -0.3 is 10.1 Å². The summed E-state index contributed by atoms with van der Waals surface area (Å²) in [5, 5.41) is 3.92. The second-order valence-electron chi connectivity index (χ2n) is 6.66. The highest BCUT2D eigenvalue weighted by Crippen LogP contribution is 2.42. The zero-order chi connectivity index (χ0) is 21.8. The van der Waals surface area contributed by atoms with Crippen molar-refractivity contribution < 1.29 is 19.1 Å². The average Bonchev–Trinajstić information content (AvgIpc) is 2.97. The largest absolute Gasteiger partial charge is 0.493 e. The van der Waals surface area contributed by atoms with Gasteiger partial charge in [0, 0.05) is 23.7 Å². The predicted octanol–water partition coefficient (Wildman–Crippen LogP) is 4.00. The van der Waals surface area contributed by atoms with E-state index in [9.17, 15) is 14.4 Å². The van der Waals surface area contributed by atoms with Gasteiger partial charge in [0.25, 0.3) is 11.8 Å². The first-order valence-electron chi connectivity index (χ1n) is 9.39. The van der Waals surface area contributed by atoms with Crippen LogP contribution >= 0.6 is 23.4 Å². The number of nitrogens with one attached hydrogen (secondary N) is 2. The first-order chi connectivity index (χ1) is 14.3. The SMILES string of the molecule is CCOc1cc(NC(C)=O)ccc1C(=O)NN1C(=O)[C@@H](C)S[C@H]1c1ccc(Cl)cc1. The van der Waals surface area contributed by atoms with Gasteiger partial charge in [-0.15, -0.1) is 11.8 Å². The lowest BCUT2D eigenvalue weighted by Crippen LogP contribution is -2.45. The Balaban J connectivity index is 1.86. The maximum Gasteiger partial charge on any atom is 0.273 e. The van der Waals surface area contributed by atoms with Gasteiger partial charge in [-0.2, -0.15) is 0 Å². The summed E-state index contributed by atoms with van der Waals surface area (Å²) in [6, 6.07) is 11.9. The Morgan fingerprint density at radius 2 is 1.90 bits per heavy atom. The summed E-state index contributed by atoms with van der Waals surface area (Å²) in [4.78, 5) is 37.0. The maximum atomic E-state index is 13.0. The van der Waals surface area contributed by atoms with Crippen LogP contribution in [-0.2, 0) is 9.59 Å². The van der Waals surface area contributed by atoms with Gasteiger partial charge in [0.2, 0.25) is 5.91 Å². The van der Waals surface area contributed by atoms with Crippen LogP contribution in [0.1, 0.15) is 42.1 Å². The minimum absolute atomic E-state index is 0.193. The Morgan fingerprint density at radius 1 is 1.20 bits per heavy atom. The third-order valence-corrected chi connectivity index (χ3v) is 5.98. The fourth-order valence-electron chi connectivity index (χ4n) is 3.03. The number of hydrazine groups is 1. The van der Waals surface area contributed by atoms with Crippen molar-refractivity contribution in [1.29, 1.82) is 0 Å². The number of carbonyl (C=O) groups is 3. The van der Waals surface area contributed by atoms with E-state index in [-0.39, 0.29) is 28.0 Å². The van der Waals surface area contributed by atoms with Gasteiger partial charge >= 0.3 is 0 Å². The molecule has 2 aromatic carbocycles. The molecule has 2 aromatic rings. The van der Waals surface area contributed by atoms with Crippen molar-refractivity contribution in [2.24, 2.45) is 0 Å². The fraction of sp³-hybridized carbons (Fsp3) is 0.286. The predicted molar refractivity (Wildman–Crippen MR) is 117 cm³/mol. The third-order valence-electron chi connectivity index (χ3n) is 4.38. The van der Waals surface area contributed by atoms with Crippen molar-refractivity contribution in [1.82, 2.24) is 10.4 Å². The number of hydrogen-bond acceptors (Lipinski definition) is 5. The van der Waals surface area contributed by atoms with Crippen molar-refractivity contribution in [3.8, 4) is 5.75 Å². The Hall–Kier alpha value is -2.71. The summed E-state index contributed by atoms with van der Waals surface area (Å²) in [7, 11) is 0. The number of amides is 3. The van der Waals surface area contributed by atoms with Crippen LogP contribution in [0.2, 0.25) is 5.02 Å². The molecule has 0 saturated carbocycles. The van der Waals surface area contributed by atoms with E-state index in [4.69, 9.17) is 16.3 Å². The van der Waals surface area contributed by atoms with Crippen molar-refractivity contribution in [2.45, 2.75) is 31.4 Å². The molecule has 0 radical (unpaired) electrons. The molecule has 9 heteroatoms. The molecule has 3 amide bonds. The van der Waals surface area contributed by atoms with Crippen LogP contribution in [-0.4, -0.2) is 34.6 Å². The first-order valence-corrected chi connectivity index (χ1v) is 10.7. The van der Waals surface area contributed by atoms with E-state index in [0.29, 0.717) is 23.1 Å². The molecule has 0 unspecified atom stereocenters. The highest BCUT2D eigenvalue weighted by Gasteiger charge is 2.40. The number of ether oxygens (including phenoxy) is 1. The molecule has 0 bridgehead atoms. The van der Waals surface area contributed by atoms with Gasteiger partial charge in [0.1, 0.15) is 11.1 Å². The van der Waals surface area contributed by atoms with E-state index >= 15 is 0 Å². The van der Waals surface area contributed by atoms with Gasteiger partial charge in [0.05, 0.1) is 17.4 Å². The van der Waals surface area contributed by atoms with Crippen LogP contribution in [0, 0.1) is 0 Å². The topological polar surface area (TPSA) is 87.7 Å². The summed E-state index contributed by atoms with van der Waals surface area (Å²) < 4.78 is 5.58. The number of anilines is 1. The lowest BCUT2D eigenvalue weighted by atomic mass is 10.1. The molecule has 2 N–H and O–H groups in total. The Kier molecular flexibility index (Phi) is 6.89. The van der Waals surface area contributed by atoms with Gasteiger partial charge in [0.15, 0.2) is 0 Å². The highest BCUT2D eigenvalue weighted by atomic mass is 35.5. The summed E-state index contributed by atoms with van der Waals surface area (Å²) >= 11 is 7.41. The van der Waals surface area contributed by atoms with Crippen molar-refractivity contribution >= 4 is 46.8 Å². The number of carbonyl (C=O) groups excluding carboxylic acids is 3. The Labute approximate surface area is 184 Å². The summed E-state index contributed by atoms with van der Waals surface area (Å²) in [6.45, 7) is 5.34. The minimum atomic E-state index is -0.477. The van der Waals surface area contributed by atoms with E-state index in [1.807, 2.05) is 12.1 Å². The van der Waals surface area contributed by atoms with Crippen LogP contribution < -0.4 is 15.5 Å². The zero-order valence-electron chi connectivity index (χ0n) is 16.8. The van der Waals surface area contributed by atoms with Crippen LogP contribution in [0.25, 0.3) is 0 Å². The van der Waals surface area contributed by atoms with E-state index in [1.54, 1.807) is 44.2 Å². The van der Waals surface area contributed by atoms with E-state index in [2.05, 4.69) is 10.7 Å². The lowest BCUT2D eigenvalue weighted by molar-refractivity contribution is -0.132. The van der Waals surface area contributed by atoms with Crippen LogP contribution in [0.15, 0.2) is 42.5 Å². The molecule has 7 nitrogen and oxygen atoms in total. The molecule has 1 saturated heterocycles. The molecular formula is C21H22ClN3O4S. The molecule has 0 spiro atoms. The molecule has 1 aliphatic heterocycles. The maximum absolute atomic E-state index is 13.0. The number of nitrogens with zero attached hydrogens (tertiary/aromatic N) is 1. The molecule has 1 fully saturated rings. The van der Waals surface area contributed by atoms with Crippen molar-refractivity contribution in [3.05, 3.63) is 58.6 Å². The molecular weight excluding hydrogens is 426 g/mol. The monoisotopic (exact) mass is 447 g/mol. The molecule has 158 valence electrons. The highest BCUT2D eigenvalue weighted by molar-refractivity contribution is 8.01. The number of benzene rings is 2. The van der Waals surface area contributed by atoms with Crippen LogP contribution in [0.3, 0.4) is 0 Å². The van der Waals surface area contributed by atoms with Crippen molar-refractivity contribution in [3.63, 3.8) is 0 Å². The zero-order valence-corrected chi connectivity index (χ0v) is 18.3.